The minimum Gasteiger partial charge on any atom is -0.341 e. The van der Waals surface area contributed by atoms with E-state index < -0.39 is 0 Å². The van der Waals surface area contributed by atoms with Crippen molar-refractivity contribution in [3.63, 3.8) is 0 Å². The van der Waals surface area contributed by atoms with E-state index in [0.29, 0.717) is 11.9 Å². The van der Waals surface area contributed by atoms with E-state index in [1.54, 1.807) is 0 Å². The monoisotopic (exact) mass is 335 g/mol. The second kappa shape index (κ2) is 8.66. The van der Waals surface area contributed by atoms with Crippen molar-refractivity contribution in [3.8, 4) is 0 Å². The van der Waals surface area contributed by atoms with Crippen LogP contribution in [0.15, 0.2) is 0 Å². The van der Waals surface area contributed by atoms with Crippen LogP contribution in [-0.4, -0.2) is 72.0 Å². The van der Waals surface area contributed by atoms with Crippen molar-refractivity contribution >= 4 is 5.91 Å². The second-order valence-corrected chi connectivity index (χ2v) is 8.28. The number of piperidine rings is 2. The van der Waals surface area contributed by atoms with E-state index in [4.69, 9.17) is 0 Å². The standard InChI is InChI=1S/C20H37N3O/c1-17(20(24)21(2)18-9-5-3-6-10-18)22-15-11-19(12-16-22)23-13-7-4-8-14-23/h17-19H,3-16H2,1-2H3/t17-/m1/s1. The van der Waals surface area contributed by atoms with Crippen LogP contribution in [0, 0.1) is 0 Å². The fraction of sp³-hybridized carbons (Fsp3) is 0.950. The summed E-state index contributed by atoms with van der Waals surface area (Å²) in [4.78, 5) is 20.1. The Bertz CT molecular complexity index is 394. The summed E-state index contributed by atoms with van der Waals surface area (Å²) >= 11 is 0. The molecule has 0 N–H and O–H groups in total. The molecule has 4 heteroatoms. The third-order valence-corrected chi connectivity index (χ3v) is 6.78. The first-order chi connectivity index (χ1) is 11.7. The number of amides is 1. The molecular weight excluding hydrogens is 298 g/mol. The molecule has 1 aliphatic carbocycles. The fourth-order valence-electron chi connectivity index (χ4n) is 5.02. The number of carbonyl (C=O) groups excluding carboxylic acids is 1. The zero-order valence-corrected chi connectivity index (χ0v) is 15.9. The summed E-state index contributed by atoms with van der Waals surface area (Å²) in [6, 6.07) is 1.30. The predicted molar refractivity (Wildman–Crippen MR) is 99.1 cm³/mol. The Morgan fingerprint density at radius 1 is 0.875 bits per heavy atom. The Balaban J connectivity index is 1.47. The number of hydrogen-bond acceptors (Lipinski definition) is 3. The fourth-order valence-corrected chi connectivity index (χ4v) is 5.02. The van der Waals surface area contributed by atoms with Gasteiger partial charge >= 0.3 is 0 Å². The Morgan fingerprint density at radius 3 is 2.08 bits per heavy atom. The highest BCUT2D eigenvalue weighted by Gasteiger charge is 2.32. The highest BCUT2D eigenvalue weighted by Crippen LogP contribution is 2.25. The van der Waals surface area contributed by atoms with Crippen molar-refractivity contribution in [2.45, 2.75) is 89.3 Å². The van der Waals surface area contributed by atoms with E-state index >= 15 is 0 Å². The minimum absolute atomic E-state index is 0.0548. The van der Waals surface area contributed by atoms with Crippen LogP contribution in [0.2, 0.25) is 0 Å². The van der Waals surface area contributed by atoms with Crippen LogP contribution in [-0.2, 0) is 4.79 Å². The second-order valence-electron chi connectivity index (χ2n) is 8.28. The zero-order valence-electron chi connectivity index (χ0n) is 15.9. The highest BCUT2D eigenvalue weighted by molar-refractivity contribution is 5.81. The summed E-state index contributed by atoms with van der Waals surface area (Å²) in [5.74, 6) is 0.346. The highest BCUT2D eigenvalue weighted by atomic mass is 16.2. The summed E-state index contributed by atoms with van der Waals surface area (Å²) in [6.07, 6.45) is 13.0. The maximum absolute atomic E-state index is 12.9. The van der Waals surface area contributed by atoms with E-state index in [9.17, 15) is 4.79 Å². The van der Waals surface area contributed by atoms with E-state index in [1.165, 1.54) is 77.3 Å². The molecular formula is C20H37N3O. The number of likely N-dealkylation sites (N-methyl/N-ethyl adjacent to an activating group) is 1. The molecule has 1 amide bonds. The molecule has 3 rings (SSSR count). The van der Waals surface area contributed by atoms with Crippen molar-refractivity contribution in [3.05, 3.63) is 0 Å². The average molecular weight is 336 g/mol. The molecule has 0 unspecified atom stereocenters. The molecule has 0 aromatic heterocycles. The number of likely N-dealkylation sites (tertiary alicyclic amines) is 2. The molecule has 2 saturated heterocycles. The van der Waals surface area contributed by atoms with E-state index in [2.05, 4.69) is 21.6 Å². The van der Waals surface area contributed by atoms with Gasteiger partial charge in [-0.1, -0.05) is 25.7 Å². The van der Waals surface area contributed by atoms with Gasteiger partial charge in [-0.25, -0.2) is 0 Å². The lowest BCUT2D eigenvalue weighted by Crippen LogP contribution is -2.54. The van der Waals surface area contributed by atoms with Gasteiger partial charge < -0.3 is 9.80 Å². The van der Waals surface area contributed by atoms with Gasteiger partial charge in [-0.15, -0.1) is 0 Å². The molecule has 2 heterocycles. The van der Waals surface area contributed by atoms with Gasteiger partial charge in [0.1, 0.15) is 0 Å². The van der Waals surface area contributed by atoms with E-state index in [1.807, 2.05) is 7.05 Å². The molecule has 0 radical (unpaired) electrons. The lowest BCUT2D eigenvalue weighted by atomic mass is 9.94. The van der Waals surface area contributed by atoms with Crippen molar-refractivity contribution in [2.75, 3.05) is 33.2 Å². The van der Waals surface area contributed by atoms with Crippen LogP contribution in [0.25, 0.3) is 0 Å². The van der Waals surface area contributed by atoms with Gasteiger partial charge in [-0.2, -0.15) is 0 Å². The van der Waals surface area contributed by atoms with Gasteiger partial charge in [0, 0.05) is 32.2 Å². The maximum atomic E-state index is 12.9. The molecule has 3 aliphatic rings. The van der Waals surface area contributed by atoms with Crippen LogP contribution < -0.4 is 0 Å². The SMILES string of the molecule is C[C@H](C(=O)N(C)C1CCCCC1)N1CCC(N2CCCCC2)CC1. The Morgan fingerprint density at radius 2 is 1.46 bits per heavy atom. The number of nitrogens with zero attached hydrogens (tertiary/aromatic N) is 3. The maximum Gasteiger partial charge on any atom is 0.239 e. The summed E-state index contributed by atoms with van der Waals surface area (Å²) in [5.41, 5.74) is 0. The number of carbonyl (C=O) groups is 1. The van der Waals surface area contributed by atoms with E-state index in [0.717, 1.165) is 19.1 Å². The smallest absolute Gasteiger partial charge is 0.239 e. The third kappa shape index (κ3) is 4.32. The summed E-state index contributed by atoms with van der Waals surface area (Å²) in [5, 5.41) is 0. The summed E-state index contributed by atoms with van der Waals surface area (Å²) < 4.78 is 0. The Labute approximate surface area is 148 Å². The van der Waals surface area contributed by atoms with Gasteiger partial charge in [-0.05, 0) is 58.5 Å². The normalized spacial score (nSPS) is 27.1. The lowest BCUT2D eigenvalue weighted by molar-refractivity contribution is -0.138. The van der Waals surface area contributed by atoms with Crippen molar-refractivity contribution in [2.24, 2.45) is 0 Å². The van der Waals surface area contributed by atoms with Gasteiger partial charge in [-0.3, -0.25) is 9.69 Å². The van der Waals surface area contributed by atoms with Crippen molar-refractivity contribution in [1.29, 1.82) is 0 Å². The molecule has 0 aromatic rings. The number of rotatable bonds is 4. The van der Waals surface area contributed by atoms with Crippen LogP contribution in [0.1, 0.15) is 71.1 Å². The molecule has 1 saturated carbocycles. The van der Waals surface area contributed by atoms with Crippen LogP contribution in [0.5, 0.6) is 0 Å². The van der Waals surface area contributed by atoms with E-state index in [-0.39, 0.29) is 6.04 Å². The molecule has 3 fully saturated rings. The summed E-state index contributed by atoms with van der Waals surface area (Å²) in [7, 11) is 2.04. The number of hydrogen-bond donors (Lipinski definition) is 0. The third-order valence-electron chi connectivity index (χ3n) is 6.78. The average Bonchev–Trinajstić information content (AvgIpc) is 2.68. The Hall–Kier alpha value is -0.610. The van der Waals surface area contributed by atoms with Crippen LogP contribution >= 0.6 is 0 Å². The first-order valence-corrected chi connectivity index (χ1v) is 10.4. The van der Waals surface area contributed by atoms with Gasteiger partial charge in [0.05, 0.1) is 6.04 Å². The van der Waals surface area contributed by atoms with Crippen molar-refractivity contribution < 1.29 is 4.79 Å². The van der Waals surface area contributed by atoms with Crippen LogP contribution in [0.3, 0.4) is 0 Å². The molecule has 2 aliphatic heterocycles. The molecule has 1 atom stereocenters. The molecule has 0 spiro atoms. The predicted octanol–water partition coefficient (Wildman–Crippen LogP) is 3.12. The van der Waals surface area contributed by atoms with Gasteiger partial charge in [0.25, 0.3) is 0 Å². The Kier molecular flexibility index (Phi) is 6.56. The first kappa shape index (κ1) is 18.2. The first-order valence-electron chi connectivity index (χ1n) is 10.4. The van der Waals surface area contributed by atoms with Crippen LogP contribution in [0.4, 0.5) is 0 Å². The van der Waals surface area contributed by atoms with Crippen molar-refractivity contribution in [1.82, 2.24) is 14.7 Å². The summed E-state index contributed by atoms with van der Waals surface area (Å²) in [6.45, 7) is 6.90. The van der Waals surface area contributed by atoms with Gasteiger partial charge in [0.2, 0.25) is 5.91 Å². The molecule has 138 valence electrons. The molecule has 24 heavy (non-hydrogen) atoms. The topological polar surface area (TPSA) is 26.8 Å². The molecule has 0 aromatic carbocycles. The quantitative estimate of drug-likeness (QED) is 0.790. The molecule has 0 bridgehead atoms. The zero-order chi connectivity index (χ0) is 16.9. The lowest BCUT2D eigenvalue weighted by Gasteiger charge is -2.42. The minimum atomic E-state index is 0.0548. The largest absolute Gasteiger partial charge is 0.341 e. The molecule has 4 nitrogen and oxygen atoms in total. The van der Waals surface area contributed by atoms with Gasteiger partial charge in [0.15, 0.2) is 0 Å².